The summed E-state index contributed by atoms with van der Waals surface area (Å²) in [6.45, 7) is -0.287. The van der Waals surface area contributed by atoms with E-state index in [9.17, 15) is 14.4 Å². The Morgan fingerprint density at radius 2 is 1.24 bits per heavy atom. The van der Waals surface area contributed by atoms with Crippen LogP contribution in [0.5, 0.6) is 0 Å². The van der Waals surface area contributed by atoms with Gasteiger partial charge in [0, 0.05) is 6.20 Å². The third-order valence-corrected chi connectivity index (χ3v) is 7.49. The van der Waals surface area contributed by atoms with Crippen molar-refractivity contribution in [1.29, 1.82) is 0 Å². The van der Waals surface area contributed by atoms with Crippen LogP contribution >= 0.6 is 15.9 Å². The minimum Gasteiger partial charge on any atom is -0.459 e. The molecule has 0 amide bonds. The van der Waals surface area contributed by atoms with E-state index in [4.69, 9.17) is 18.9 Å². The van der Waals surface area contributed by atoms with Crippen molar-refractivity contribution in [3.63, 3.8) is 0 Å². The summed E-state index contributed by atoms with van der Waals surface area (Å²) < 4.78 is 26.2. The van der Waals surface area contributed by atoms with Crippen LogP contribution in [0.3, 0.4) is 0 Å². The fourth-order valence-corrected chi connectivity index (χ4v) is 5.20. The number of rotatable bonds is 9. The first kappa shape index (κ1) is 29.9. The van der Waals surface area contributed by atoms with Gasteiger partial charge in [-0.15, -0.1) is 0 Å². The molecule has 45 heavy (non-hydrogen) atoms. The fourth-order valence-electron chi connectivity index (χ4n) is 4.86. The van der Waals surface area contributed by atoms with Gasteiger partial charge in [-0.05, 0) is 64.5 Å². The Labute approximate surface area is 266 Å². The van der Waals surface area contributed by atoms with E-state index < -0.39 is 42.4 Å². The molecule has 3 aromatic carbocycles. The van der Waals surface area contributed by atoms with Crippen LogP contribution in [0.1, 0.15) is 37.3 Å². The Hall–Kier alpha value is -5.13. The number of hydrogen-bond donors (Lipinski definition) is 0. The van der Waals surface area contributed by atoms with Gasteiger partial charge in [-0.3, -0.25) is 0 Å². The number of carbonyl (C=O) groups excluding carboxylic acids is 3. The zero-order chi connectivity index (χ0) is 31.2. The van der Waals surface area contributed by atoms with E-state index in [1.54, 1.807) is 114 Å². The van der Waals surface area contributed by atoms with Crippen LogP contribution < -0.4 is 0 Å². The second-order valence-electron chi connectivity index (χ2n) is 10.1. The molecule has 4 atom stereocenters. The van der Waals surface area contributed by atoms with E-state index in [1.165, 1.54) is 6.33 Å². The molecule has 10 nitrogen and oxygen atoms in total. The summed E-state index contributed by atoms with van der Waals surface area (Å²) in [5.41, 5.74) is 2.06. The van der Waals surface area contributed by atoms with Crippen molar-refractivity contribution in [2.75, 3.05) is 6.61 Å². The summed E-state index contributed by atoms with van der Waals surface area (Å²) >= 11 is 3.38. The number of pyridine rings is 1. The molecule has 3 heterocycles. The molecule has 11 heteroatoms. The number of esters is 3. The van der Waals surface area contributed by atoms with E-state index in [0.717, 1.165) is 0 Å². The normalized spacial score (nSPS) is 19.0. The molecule has 1 aliphatic heterocycles. The molecule has 226 valence electrons. The Morgan fingerprint density at radius 1 is 0.689 bits per heavy atom. The van der Waals surface area contributed by atoms with Gasteiger partial charge >= 0.3 is 17.9 Å². The topological polar surface area (TPSA) is 119 Å². The highest BCUT2D eigenvalue weighted by Crippen LogP contribution is 2.36. The zero-order valence-corrected chi connectivity index (χ0v) is 25.2. The summed E-state index contributed by atoms with van der Waals surface area (Å²) in [5, 5.41) is 0. The highest BCUT2D eigenvalue weighted by Gasteiger charge is 2.51. The van der Waals surface area contributed by atoms with Crippen LogP contribution in [0.2, 0.25) is 0 Å². The lowest BCUT2D eigenvalue weighted by Gasteiger charge is -2.24. The van der Waals surface area contributed by atoms with E-state index in [-0.39, 0.29) is 6.61 Å². The van der Waals surface area contributed by atoms with Crippen LogP contribution in [0.25, 0.3) is 11.4 Å². The van der Waals surface area contributed by atoms with Crippen LogP contribution in [-0.4, -0.2) is 57.4 Å². The molecule has 2 aromatic heterocycles. The molecule has 0 saturated carbocycles. The molecular formula is C34H26BrN3O7. The molecule has 0 N–H and O–H groups in total. The molecule has 0 bridgehead atoms. The molecule has 5 aromatic rings. The second kappa shape index (κ2) is 13.7. The number of aromatic nitrogens is 3. The van der Waals surface area contributed by atoms with Crippen LogP contribution in [0.15, 0.2) is 126 Å². The van der Waals surface area contributed by atoms with Crippen LogP contribution in [0.4, 0.5) is 0 Å². The van der Waals surface area contributed by atoms with E-state index >= 15 is 0 Å². The van der Waals surface area contributed by atoms with Gasteiger partial charge in [0.25, 0.3) is 0 Å². The predicted octanol–water partition coefficient (Wildman–Crippen LogP) is 5.91. The third-order valence-electron chi connectivity index (χ3n) is 7.05. The van der Waals surface area contributed by atoms with Crippen molar-refractivity contribution >= 4 is 33.8 Å². The monoisotopic (exact) mass is 667 g/mol. The Balaban J connectivity index is 1.34. The first-order valence-electron chi connectivity index (χ1n) is 14.0. The van der Waals surface area contributed by atoms with Gasteiger partial charge in [-0.1, -0.05) is 60.7 Å². The van der Waals surface area contributed by atoms with Crippen molar-refractivity contribution in [1.82, 2.24) is 14.5 Å². The molecule has 1 fully saturated rings. The lowest BCUT2D eigenvalue weighted by molar-refractivity contribution is -0.0620. The highest BCUT2D eigenvalue weighted by atomic mass is 79.9. The molecule has 0 unspecified atom stereocenters. The van der Waals surface area contributed by atoms with E-state index in [1.807, 2.05) is 6.07 Å². The van der Waals surface area contributed by atoms with E-state index in [2.05, 4.69) is 25.9 Å². The number of nitrogens with zero attached hydrogens (tertiary/aromatic N) is 3. The maximum absolute atomic E-state index is 13.4. The number of imidazole rings is 1. The van der Waals surface area contributed by atoms with Crippen LogP contribution in [0, 0.1) is 0 Å². The quantitative estimate of drug-likeness (QED) is 0.107. The first-order chi connectivity index (χ1) is 22.0. The largest absolute Gasteiger partial charge is 0.459 e. The summed E-state index contributed by atoms with van der Waals surface area (Å²) in [6, 6.07) is 30.8. The highest BCUT2D eigenvalue weighted by molar-refractivity contribution is 9.10. The van der Waals surface area contributed by atoms with Crippen molar-refractivity contribution in [3.05, 3.63) is 143 Å². The van der Waals surface area contributed by atoms with Gasteiger partial charge in [-0.2, -0.15) is 0 Å². The number of ether oxygens (including phenoxy) is 4. The predicted molar refractivity (Wildman–Crippen MR) is 165 cm³/mol. The average Bonchev–Trinajstić information content (AvgIpc) is 3.70. The van der Waals surface area contributed by atoms with Gasteiger partial charge in [-0.25, -0.2) is 24.4 Å². The number of hydrogen-bond acceptors (Lipinski definition) is 9. The van der Waals surface area contributed by atoms with Gasteiger partial charge in [0.2, 0.25) is 0 Å². The molecular weight excluding hydrogens is 642 g/mol. The maximum atomic E-state index is 13.4. The number of benzene rings is 3. The maximum Gasteiger partial charge on any atom is 0.338 e. The van der Waals surface area contributed by atoms with E-state index in [0.29, 0.717) is 32.7 Å². The van der Waals surface area contributed by atoms with Crippen molar-refractivity contribution in [2.45, 2.75) is 24.5 Å². The lowest BCUT2D eigenvalue weighted by atomic mass is 10.1. The van der Waals surface area contributed by atoms with Crippen LogP contribution in [-0.2, 0) is 18.9 Å². The summed E-state index contributed by atoms with van der Waals surface area (Å²) in [7, 11) is 0. The van der Waals surface area contributed by atoms with Gasteiger partial charge in [0.1, 0.15) is 23.0 Å². The third kappa shape index (κ3) is 7.00. The van der Waals surface area contributed by atoms with Gasteiger partial charge in [0.05, 0.1) is 28.7 Å². The number of carbonyl (C=O) groups is 3. The van der Waals surface area contributed by atoms with Gasteiger partial charge < -0.3 is 23.5 Å². The summed E-state index contributed by atoms with van der Waals surface area (Å²) in [5.74, 6) is -1.89. The lowest BCUT2D eigenvalue weighted by Crippen LogP contribution is -2.41. The van der Waals surface area contributed by atoms with Crippen molar-refractivity contribution in [3.8, 4) is 11.4 Å². The summed E-state index contributed by atoms with van der Waals surface area (Å²) in [6.07, 6.45) is -1.10. The molecule has 6 rings (SSSR count). The smallest absolute Gasteiger partial charge is 0.338 e. The van der Waals surface area contributed by atoms with Crippen molar-refractivity contribution in [2.24, 2.45) is 0 Å². The Kier molecular flexibility index (Phi) is 9.09. The standard InChI is InChI=1S/C34H26BrN3O7/c35-28-18-10-17-25(37-28)26-19-38(21-36-26)31-30(45-34(41)24-15-8-3-9-16-24)29(44-33(40)23-13-6-2-7-14-23)27(43-31)20-42-32(39)22-11-4-1-5-12-22/h1-19,21,27,29-31H,20H2/t27-,29-,30-,31-/m1/s1. The van der Waals surface area contributed by atoms with Gasteiger partial charge in [0.15, 0.2) is 18.4 Å². The number of halogens is 1. The molecule has 1 saturated heterocycles. The minimum atomic E-state index is -1.16. The summed E-state index contributed by atoms with van der Waals surface area (Å²) in [4.78, 5) is 48.5. The average molecular weight is 669 g/mol. The molecule has 0 radical (unpaired) electrons. The molecule has 0 aliphatic carbocycles. The second-order valence-corrected chi connectivity index (χ2v) is 10.9. The van der Waals surface area contributed by atoms with Crippen molar-refractivity contribution < 1.29 is 33.3 Å². The molecule has 1 aliphatic rings. The zero-order valence-electron chi connectivity index (χ0n) is 23.6. The minimum absolute atomic E-state index is 0.287. The Bertz CT molecular complexity index is 1780. The fraction of sp³-hybridized carbons (Fsp3) is 0.147. The first-order valence-corrected chi connectivity index (χ1v) is 14.8. The Morgan fingerprint density at radius 3 is 1.82 bits per heavy atom. The molecule has 0 spiro atoms. The SMILES string of the molecule is O=C(OC[C@H]1O[C@@H](n2cnc(-c3cccc(Br)n3)c2)[C@H](OC(=O)c2ccccc2)[C@@H]1OC(=O)c1ccccc1)c1ccccc1.